The third kappa shape index (κ3) is 10.1. The van der Waals surface area contributed by atoms with Gasteiger partial charge >= 0.3 is 5.97 Å². The summed E-state index contributed by atoms with van der Waals surface area (Å²) < 4.78 is 4.93. The van der Waals surface area contributed by atoms with Crippen molar-refractivity contribution in [3.05, 3.63) is 41.0 Å². The van der Waals surface area contributed by atoms with Crippen LogP contribution in [0, 0.1) is 12.3 Å². The molecule has 2 heterocycles. The quantitative estimate of drug-likeness (QED) is 0.215. The first-order valence-corrected chi connectivity index (χ1v) is 16.0. The fourth-order valence-electron chi connectivity index (χ4n) is 5.16. The number of aliphatic hydroxyl groups is 1. The van der Waals surface area contributed by atoms with Gasteiger partial charge in [-0.05, 0) is 43.2 Å². The number of thiazole rings is 1. The number of aromatic nitrogens is 1. The Bertz CT molecular complexity index is 1240. The van der Waals surface area contributed by atoms with E-state index >= 15 is 0 Å². The predicted octanol–water partition coefficient (Wildman–Crippen LogP) is 4.13. The van der Waals surface area contributed by atoms with Crippen LogP contribution >= 0.6 is 11.3 Å². The lowest BCUT2D eigenvalue weighted by Gasteiger charge is -2.35. The number of nitrogens with one attached hydrogen (secondary N) is 2. The van der Waals surface area contributed by atoms with E-state index in [0.29, 0.717) is 25.9 Å². The minimum Gasteiger partial charge on any atom is -0.466 e. The molecule has 236 valence electrons. The molecule has 0 radical (unpaired) electrons. The molecule has 1 aromatic carbocycles. The van der Waals surface area contributed by atoms with E-state index in [1.54, 1.807) is 18.3 Å². The van der Waals surface area contributed by atoms with Crippen LogP contribution in [0.5, 0.6) is 0 Å². The number of carbonyl (C=O) groups is 4. The summed E-state index contributed by atoms with van der Waals surface area (Å²) in [5.41, 5.74) is 4.16. The molecule has 3 N–H and O–H groups in total. The van der Waals surface area contributed by atoms with Gasteiger partial charge in [-0.25, -0.2) is 4.98 Å². The van der Waals surface area contributed by atoms with Gasteiger partial charge in [-0.1, -0.05) is 57.9 Å². The van der Waals surface area contributed by atoms with Gasteiger partial charge in [0.25, 0.3) is 0 Å². The number of hydrogen-bond acceptors (Lipinski definition) is 8. The largest absolute Gasteiger partial charge is 0.466 e. The van der Waals surface area contributed by atoms with Gasteiger partial charge in [0, 0.05) is 32.4 Å². The Morgan fingerprint density at radius 1 is 1.09 bits per heavy atom. The first-order valence-electron chi connectivity index (χ1n) is 15.1. The van der Waals surface area contributed by atoms with Crippen molar-refractivity contribution in [2.75, 3.05) is 13.2 Å². The molecule has 1 aliphatic rings. The summed E-state index contributed by atoms with van der Waals surface area (Å²) in [6, 6.07) is 6.21. The van der Waals surface area contributed by atoms with E-state index in [2.05, 4.69) is 15.6 Å². The highest BCUT2D eigenvalue weighted by Crippen LogP contribution is 2.28. The number of esters is 1. The average Bonchev–Trinajstić information content (AvgIpc) is 3.57. The topological polar surface area (TPSA) is 138 Å². The summed E-state index contributed by atoms with van der Waals surface area (Å²) in [4.78, 5) is 58.1. The smallest absolute Gasteiger partial charge is 0.305 e. The van der Waals surface area contributed by atoms with Crippen molar-refractivity contribution >= 4 is 35.0 Å². The van der Waals surface area contributed by atoms with Gasteiger partial charge in [0.15, 0.2) is 0 Å². The number of β-amino-alcohol motifs (C(OH)–C–C–N with tert-alkyl or cyclic N) is 1. The van der Waals surface area contributed by atoms with Crippen molar-refractivity contribution in [2.45, 2.75) is 104 Å². The summed E-state index contributed by atoms with van der Waals surface area (Å²) in [7, 11) is 0. The Morgan fingerprint density at radius 3 is 2.37 bits per heavy atom. The number of benzene rings is 1. The second-order valence-corrected chi connectivity index (χ2v) is 13.0. The van der Waals surface area contributed by atoms with Crippen molar-refractivity contribution in [3.8, 4) is 10.4 Å². The van der Waals surface area contributed by atoms with Gasteiger partial charge in [0.05, 0.1) is 28.8 Å². The monoisotopic (exact) mass is 614 g/mol. The van der Waals surface area contributed by atoms with Gasteiger partial charge in [0.2, 0.25) is 17.7 Å². The zero-order chi connectivity index (χ0) is 31.6. The first-order chi connectivity index (χ1) is 20.4. The van der Waals surface area contributed by atoms with E-state index < -0.39 is 23.6 Å². The van der Waals surface area contributed by atoms with Crippen molar-refractivity contribution in [2.24, 2.45) is 5.41 Å². The number of ether oxygens (including phenoxy) is 1. The highest BCUT2D eigenvalue weighted by molar-refractivity contribution is 7.13. The maximum absolute atomic E-state index is 13.7. The minimum atomic E-state index is -0.854. The van der Waals surface area contributed by atoms with Crippen molar-refractivity contribution < 1.29 is 29.0 Å². The molecular formula is C32H46N4O6S. The maximum atomic E-state index is 13.7. The number of aliphatic hydroxyl groups excluding tert-OH is 1. The predicted molar refractivity (Wildman–Crippen MR) is 166 cm³/mol. The summed E-state index contributed by atoms with van der Waals surface area (Å²) >= 11 is 1.58. The third-order valence-corrected chi connectivity index (χ3v) is 8.53. The number of likely N-dealkylation sites (tertiary alicyclic amines) is 1. The molecule has 0 spiro atoms. The fourth-order valence-corrected chi connectivity index (χ4v) is 5.97. The van der Waals surface area contributed by atoms with Crippen LogP contribution in [0.4, 0.5) is 0 Å². The number of unbranched alkanes of at least 4 members (excludes halogenated alkanes) is 3. The molecule has 2 aromatic rings. The normalized spacial score (nSPS) is 17.4. The molecule has 0 bridgehead atoms. The van der Waals surface area contributed by atoms with E-state index in [1.165, 1.54) is 4.90 Å². The highest BCUT2D eigenvalue weighted by Gasteiger charge is 2.44. The number of nitrogens with zero attached hydrogens (tertiary/aromatic N) is 2. The molecule has 10 nitrogen and oxygen atoms in total. The Kier molecular flexibility index (Phi) is 12.7. The zero-order valence-electron chi connectivity index (χ0n) is 26.0. The molecule has 3 unspecified atom stereocenters. The molecular weight excluding hydrogens is 568 g/mol. The average molecular weight is 615 g/mol. The van der Waals surface area contributed by atoms with Crippen LogP contribution in [0.25, 0.3) is 10.4 Å². The van der Waals surface area contributed by atoms with Gasteiger partial charge in [-0.2, -0.15) is 0 Å². The zero-order valence-corrected chi connectivity index (χ0v) is 26.8. The standard InChI is InChI=1S/C32H46N4O6S/c1-6-42-27(39)12-10-8-7-9-11-26(38)35-29(32(3,4)5)31(41)36-19-24(37)17-25(36)30(40)33-18-22-13-15-23(16-14-22)28-21(2)34-20-43-28/h13-16,20,24-25,29,37H,6-12,17-19H2,1-5H3,(H,33,40)(H,35,38). The number of carbonyl (C=O) groups excluding carboxylic acids is 4. The summed E-state index contributed by atoms with van der Waals surface area (Å²) in [6.07, 6.45) is 2.88. The van der Waals surface area contributed by atoms with Crippen molar-refractivity contribution in [3.63, 3.8) is 0 Å². The van der Waals surface area contributed by atoms with Gasteiger partial charge in [-0.3, -0.25) is 19.2 Å². The third-order valence-electron chi connectivity index (χ3n) is 7.55. The Labute approximate surface area is 258 Å². The highest BCUT2D eigenvalue weighted by atomic mass is 32.1. The van der Waals surface area contributed by atoms with Crippen molar-refractivity contribution in [1.29, 1.82) is 0 Å². The molecule has 1 aromatic heterocycles. The second-order valence-electron chi connectivity index (χ2n) is 12.2. The van der Waals surface area contributed by atoms with E-state index in [0.717, 1.165) is 34.5 Å². The Balaban J connectivity index is 1.54. The lowest BCUT2D eigenvalue weighted by atomic mass is 9.85. The molecule has 0 saturated carbocycles. The molecule has 1 saturated heterocycles. The second kappa shape index (κ2) is 16.0. The SMILES string of the molecule is CCOC(=O)CCCCCCC(=O)NC(C(=O)N1CC(O)CC1C(=O)NCc1ccc(-c2scnc2C)cc1)C(C)(C)C. The summed E-state index contributed by atoms with van der Waals surface area (Å²) in [5, 5.41) is 16.2. The summed E-state index contributed by atoms with van der Waals surface area (Å²) in [6.45, 7) is 10.0. The number of hydrogen-bond donors (Lipinski definition) is 3. The fraction of sp³-hybridized carbons (Fsp3) is 0.594. The minimum absolute atomic E-state index is 0.0305. The van der Waals surface area contributed by atoms with Crippen LogP contribution in [-0.4, -0.2) is 70.0 Å². The lowest BCUT2D eigenvalue weighted by Crippen LogP contribution is -2.57. The van der Waals surface area contributed by atoms with Crippen LogP contribution < -0.4 is 10.6 Å². The molecule has 43 heavy (non-hydrogen) atoms. The van der Waals surface area contributed by atoms with E-state index in [9.17, 15) is 24.3 Å². The van der Waals surface area contributed by atoms with E-state index in [4.69, 9.17) is 4.74 Å². The molecule has 11 heteroatoms. The van der Waals surface area contributed by atoms with Gasteiger partial charge < -0.3 is 25.4 Å². The van der Waals surface area contributed by atoms with Crippen LogP contribution in [0.3, 0.4) is 0 Å². The van der Waals surface area contributed by atoms with Crippen LogP contribution in [0.1, 0.15) is 83.9 Å². The molecule has 0 aliphatic carbocycles. The molecule has 1 fully saturated rings. The summed E-state index contributed by atoms with van der Waals surface area (Å²) in [5.74, 6) is -1.16. The number of rotatable bonds is 14. The number of aryl methyl sites for hydroxylation is 1. The van der Waals surface area contributed by atoms with Gasteiger partial charge in [-0.15, -0.1) is 11.3 Å². The number of amides is 3. The van der Waals surface area contributed by atoms with Crippen LogP contribution in [0.2, 0.25) is 0 Å². The lowest BCUT2D eigenvalue weighted by molar-refractivity contribution is -0.144. The molecule has 3 rings (SSSR count). The molecule has 3 amide bonds. The Morgan fingerprint density at radius 2 is 1.77 bits per heavy atom. The first kappa shape index (κ1) is 34.2. The molecule has 1 aliphatic heterocycles. The maximum Gasteiger partial charge on any atom is 0.305 e. The van der Waals surface area contributed by atoms with E-state index in [1.807, 2.05) is 57.5 Å². The Hall–Kier alpha value is -3.31. The van der Waals surface area contributed by atoms with Crippen molar-refractivity contribution in [1.82, 2.24) is 20.5 Å². The van der Waals surface area contributed by atoms with Gasteiger partial charge in [0.1, 0.15) is 12.1 Å². The van der Waals surface area contributed by atoms with Crippen LogP contribution in [-0.2, 0) is 30.5 Å². The van der Waals surface area contributed by atoms with E-state index in [-0.39, 0.29) is 49.6 Å². The van der Waals surface area contributed by atoms with Crippen LogP contribution in [0.15, 0.2) is 29.8 Å². The molecule has 3 atom stereocenters.